The Hall–Kier alpha value is -6.96. The Morgan fingerprint density at radius 3 is 1.64 bits per heavy atom. The van der Waals surface area contributed by atoms with E-state index in [-0.39, 0.29) is 0 Å². The first-order valence-corrected chi connectivity index (χ1v) is 20.8. The van der Waals surface area contributed by atoms with Crippen LogP contribution in [0.5, 0.6) is 0 Å². The first kappa shape index (κ1) is 33.2. The summed E-state index contributed by atoms with van der Waals surface area (Å²) in [6.07, 6.45) is 4.71. The largest absolute Gasteiger partial charge is 0.310 e. The van der Waals surface area contributed by atoms with E-state index in [9.17, 15) is 0 Å². The predicted molar refractivity (Wildman–Crippen MR) is 242 cm³/mol. The van der Waals surface area contributed by atoms with Crippen molar-refractivity contribution in [2.24, 2.45) is 0 Å². The second kappa shape index (κ2) is 13.0. The highest BCUT2D eigenvalue weighted by atomic mass is 15.1. The molecule has 0 saturated heterocycles. The van der Waals surface area contributed by atoms with Gasteiger partial charge in [0.15, 0.2) is 0 Å². The van der Waals surface area contributed by atoms with Crippen LogP contribution in [-0.4, -0.2) is 0 Å². The molecule has 0 radical (unpaired) electrons. The van der Waals surface area contributed by atoms with Gasteiger partial charge in [-0.05, 0) is 145 Å². The third-order valence-electron chi connectivity index (χ3n) is 13.3. The molecular formula is C57H41N. The third-order valence-corrected chi connectivity index (χ3v) is 13.3. The van der Waals surface area contributed by atoms with Gasteiger partial charge in [0.05, 0.1) is 11.1 Å². The molecule has 1 spiro atoms. The van der Waals surface area contributed by atoms with Crippen molar-refractivity contribution >= 4 is 27.8 Å². The van der Waals surface area contributed by atoms with Gasteiger partial charge in [-0.15, -0.1) is 0 Å². The molecule has 0 aromatic heterocycles. The Labute approximate surface area is 340 Å². The fourth-order valence-electron chi connectivity index (χ4n) is 10.7. The minimum absolute atomic E-state index is 0.450. The summed E-state index contributed by atoms with van der Waals surface area (Å²) in [5.41, 5.74) is 21.8. The van der Waals surface area contributed by atoms with Gasteiger partial charge in [0.2, 0.25) is 0 Å². The maximum Gasteiger partial charge on any atom is 0.0726 e. The zero-order valence-corrected chi connectivity index (χ0v) is 32.3. The van der Waals surface area contributed by atoms with Crippen molar-refractivity contribution < 1.29 is 0 Å². The molecule has 0 bridgehead atoms. The van der Waals surface area contributed by atoms with Gasteiger partial charge < -0.3 is 4.90 Å². The van der Waals surface area contributed by atoms with Gasteiger partial charge in [0.1, 0.15) is 0 Å². The van der Waals surface area contributed by atoms with E-state index in [1.165, 1.54) is 107 Å². The minimum Gasteiger partial charge on any atom is -0.310 e. The molecule has 274 valence electrons. The predicted octanol–water partition coefficient (Wildman–Crippen LogP) is 14.9. The van der Waals surface area contributed by atoms with Gasteiger partial charge >= 0.3 is 0 Å². The van der Waals surface area contributed by atoms with E-state index in [1.54, 1.807) is 0 Å². The average Bonchev–Trinajstić information content (AvgIpc) is 3.76. The molecule has 58 heavy (non-hydrogen) atoms. The summed E-state index contributed by atoms with van der Waals surface area (Å²) >= 11 is 0. The molecule has 0 N–H and O–H groups in total. The van der Waals surface area contributed by atoms with Crippen LogP contribution in [0.1, 0.15) is 46.2 Å². The first-order chi connectivity index (χ1) is 28.8. The molecule has 0 saturated carbocycles. The van der Waals surface area contributed by atoms with Gasteiger partial charge in [0, 0.05) is 16.9 Å². The van der Waals surface area contributed by atoms with Gasteiger partial charge in [-0.1, -0.05) is 164 Å². The van der Waals surface area contributed by atoms with E-state index in [0.29, 0.717) is 0 Å². The molecular weight excluding hydrogens is 699 g/mol. The van der Waals surface area contributed by atoms with E-state index in [1.807, 2.05) is 0 Å². The lowest BCUT2D eigenvalue weighted by Gasteiger charge is -2.34. The van der Waals surface area contributed by atoms with Crippen LogP contribution in [0.25, 0.3) is 55.3 Å². The molecule has 0 amide bonds. The maximum atomic E-state index is 2.59. The number of anilines is 3. The smallest absolute Gasteiger partial charge is 0.0726 e. The molecule has 0 fully saturated rings. The van der Waals surface area contributed by atoms with Crippen LogP contribution in [0.3, 0.4) is 0 Å². The number of fused-ring (bicyclic) bond motifs is 12. The van der Waals surface area contributed by atoms with E-state index >= 15 is 0 Å². The molecule has 0 unspecified atom stereocenters. The van der Waals surface area contributed by atoms with E-state index < -0.39 is 5.41 Å². The summed E-state index contributed by atoms with van der Waals surface area (Å²) in [5.74, 6) is 0. The van der Waals surface area contributed by atoms with E-state index in [0.717, 1.165) is 24.2 Å². The number of nitrogens with zero attached hydrogens (tertiary/aromatic N) is 1. The van der Waals surface area contributed by atoms with Gasteiger partial charge in [0.25, 0.3) is 0 Å². The maximum absolute atomic E-state index is 2.59. The summed E-state index contributed by atoms with van der Waals surface area (Å²) in [4.78, 5) is 2.54. The summed E-state index contributed by atoms with van der Waals surface area (Å²) < 4.78 is 0. The summed E-state index contributed by atoms with van der Waals surface area (Å²) in [5, 5.41) is 2.47. The highest BCUT2D eigenvalue weighted by Crippen LogP contribution is 2.64. The fourth-order valence-corrected chi connectivity index (χ4v) is 10.7. The average molecular weight is 740 g/mol. The Balaban J connectivity index is 1.20. The molecule has 9 aromatic carbocycles. The van der Waals surface area contributed by atoms with Crippen LogP contribution in [0.15, 0.2) is 200 Å². The molecule has 3 aliphatic rings. The quantitative estimate of drug-likeness (QED) is 0.170. The Kier molecular flexibility index (Phi) is 7.47. The molecule has 1 nitrogen and oxygen atoms in total. The van der Waals surface area contributed by atoms with Crippen LogP contribution < -0.4 is 4.90 Å². The topological polar surface area (TPSA) is 3.24 Å². The second-order valence-corrected chi connectivity index (χ2v) is 16.2. The number of hydrogen-bond donors (Lipinski definition) is 0. The van der Waals surface area contributed by atoms with Crippen LogP contribution in [0.4, 0.5) is 17.1 Å². The summed E-state index contributed by atoms with van der Waals surface area (Å²) in [7, 11) is 0. The lowest BCUT2D eigenvalue weighted by atomic mass is 9.70. The van der Waals surface area contributed by atoms with Crippen LogP contribution >= 0.6 is 0 Å². The molecule has 12 rings (SSSR count). The zero-order valence-electron chi connectivity index (χ0n) is 32.3. The monoisotopic (exact) mass is 739 g/mol. The highest BCUT2D eigenvalue weighted by molar-refractivity contribution is 6.01. The zero-order chi connectivity index (χ0) is 38.2. The summed E-state index contributed by atoms with van der Waals surface area (Å²) in [6.45, 7) is 0. The lowest BCUT2D eigenvalue weighted by molar-refractivity contribution is 0.687. The van der Waals surface area contributed by atoms with Crippen molar-refractivity contribution in [1.82, 2.24) is 0 Å². The van der Waals surface area contributed by atoms with Crippen molar-refractivity contribution in [1.29, 1.82) is 0 Å². The van der Waals surface area contributed by atoms with E-state index in [2.05, 4.69) is 205 Å². The SMILES string of the molecule is c1ccc(-c2ccc(N(c3ccc4ccccc4c3)c3cc4c(cc3-c3cccc5c3CCCC5)-c3ccccc3C43c4ccccc4-c4ccccc43)cc2)cc1. The first-order valence-electron chi connectivity index (χ1n) is 20.8. The number of rotatable bonds is 5. The van der Waals surface area contributed by atoms with Crippen LogP contribution in [0, 0.1) is 0 Å². The van der Waals surface area contributed by atoms with Crippen molar-refractivity contribution in [2.75, 3.05) is 4.90 Å². The normalized spacial score (nSPS) is 14.1. The van der Waals surface area contributed by atoms with Gasteiger partial charge in [-0.25, -0.2) is 0 Å². The van der Waals surface area contributed by atoms with Crippen molar-refractivity contribution in [3.63, 3.8) is 0 Å². The third kappa shape index (κ3) is 4.83. The second-order valence-electron chi connectivity index (χ2n) is 16.2. The standard InChI is InChI=1S/C57H41N/c1-2-15-38(16-3-1)40-29-32-43(33-30-40)58(44-34-31-39-17-4-5-19-42(39)35-44)56-37-55-50(36-51(56)46-25-14-20-41-18-6-7-21-45(41)46)49-24-10-13-28-54(49)57(55)52-26-11-8-22-47(52)48-23-9-12-27-53(48)57/h1-5,8-17,19-20,22-37H,6-7,18,21H2. The van der Waals surface area contributed by atoms with Crippen LogP contribution in [-0.2, 0) is 18.3 Å². The van der Waals surface area contributed by atoms with Crippen molar-refractivity contribution in [3.8, 4) is 44.5 Å². The number of hydrogen-bond acceptors (Lipinski definition) is 1. The van der Waals surface area contributed by atoms with Crippen LogP contribution in [0.2, 0.25) is 0 Å². The van der Waals surface area contributed by atoms with Gasteiger partial charge in [-0.3, -0.25) is 0 Å². The van der Waals surface area contributed by atoms with Crippen molar-refractivity contribution in [2.45, 2.75) is 31.1 Å². The van der Waals surface area contributed by atoms with Gasteiger partial charge in [-0.2, -0.15) is 0 Å². The van der Waals surface area contributed by atoms with Crippen molar-refractivity contribution in [3.05, 3.63) is 234 Å². The molecule has 0 aliphatic heterocycles. The molecule has 3 aliphatic carbocycles. The minimum atomic E-state index is -0.450. The molecule has 9 aromatic rings. The highest BCUT2D eigenvalue weighted by Gasteiger charge is 2.52. The Bertz CT molecular complexity index is 3020. The molecule has 1 heteroatoms. The Morgan fingerprint density at radius 2 is 0.914 bits per heavy atom. The number of aryl methyl sites for hydroxylation is 1. The Morgan fingerprint density at radius 1 is 0.345 bits per heavy atom. The molecule has 0 heterocycles. The lowest BCUT2D eigenvalue weighted by Crippen LogP contribution is -2.26. The fraction of sp³-hybridized carbons (Fsp3) is 0.0877. The van der Waals surface area contributed by atoms with E-state index in [4.69, 9.17) is 0 Å². The molecule has 0 atom stereocenters. The summed E-state index contributed by atoms with van der Waals surface area (Å²) in [6, 6.07) is 75.3. The number of benzene rings is 9.